The molecule has 8 heteroatoms. The predicted octanol–water partition coefficient (Wildman–Crippen LogP) is 4.44. The van der Waals surface area contributed by atoms with Crippen LogP contribution in [0, 0.1) is 0 Å². The van der Waals surface area contributed by atoms with Gasteiger partial charge in [-0.25, -0.2) is 0 Å². The number of H-pyrrole nitrogens is 1. The number of piperidine rings is 1. The number of likely N-dealkylation sites (tertiary alicyclic amines) is 1. The van der Waals surface area contributed by atoms with Crippen LogP contribution in [0.3, 0.4) is 0 Å². The lowest BCUT2D eigenvalue weighted by atomic mass is 9.93. The van der Waals surface area contributed by atoms with Gasteiger partial charge in [-0.2, -0.15) is 0 Å². The average Bonchev–Trinajstić information content (AvgIpc) is 3.55. The van der Waals surface area contributed by atoms with Gasteiger partial charge < -0.3 is 20.5 Å². The molecular weight excluding hydrogens is 483 g/mol. The number of nitrogens with zero attached hydrogens (tertiary/aromatic N) is 1. The monoisotopic (exact) mass is 512 g/mol. The molecule has 1 atom stereocenters. The third-order valence-corrected chi connectivity index (χ3v) is 7.96. The van der Waals surface area contributed by atoms with Gasteiger partial charge >= 0.3 is 0 Å². The number of aromatic amines is 1. The molecule has 2 aromatic carbocycles. The molecule has 1 saturated carbocycles. The van der Waals surface area contributed by atoms with Crippen molar-refractivity contribution < 1.29 is 9.59 Å². The van der Waals surface area contributed by atoms with Crippen molar-refractivity contribution in [3.63, 3.8) is 0 Å². The summed E-state index contributed by atoms with van der Waals surface area (Å²) in [6, 6.07) is 12.7. The Morgan fingerprint density at radius 1 is 1.14 bits per heavy atom. The fourth-order valence-electron chi connectivity index (χ4n) is 5.10. The maximum absolute atomic E-state index is 13.6. The number of nitrogens with one attached hydrogen (secondary N) is 3. The second kappa shape index (κ2) is 9.84. The van der Waals surface area contributed by atoms with E-state index in [1.165, 1.54) is 0 Å². The third kappa shape index (κ3) is 5.06. The number of rotatable bonds is 7. The summed E-state index contributed by atoms with van der Waals surface area (Å²) in [5, 5.41) is 8.37. The molecule has 2 fully saturated rings. The van der Waals surface area contributed by atoms with E-state index in [1.54, 1.807) is 12.1 Å². The summed E-state index contributed by atoms with van der Waals surface area (Å²) in [4.78, 5) is 32.6. The summed E-state index contributed by atoms with van der Waals surface area (Å²) in [5.41, 5.74) is 2.06. The standard InChI is InChI=1S/C27H30Cl2N4O2/c1-33-12-8-19(9-13-33)31-25(34)24(14-17-16-30-23-5-3-2-4-20(17)23)32-26(35)27(10-11-27)21-7-6-18(28)15-22(21)29/h2-7,15-16,19,24,30H,8-14H2,1H3,(H,31,34)(H,32,35)/t24-/m0/s1. The first kappa shape index (κ1) is 24.2. The molecule has 1 saturated heterocycles. The number of carbonyl (C=O) groups excluding carboxylic acids is 2. The lowest BCUT2D eigenvalue weighted by molar-refractivity contribution is -0.130. The number of aromatic nitrogens is 1. The van der Waals surface area contributed by atoms with E-state index >= 15 is 0 Å². The molecule has 0 radical (unpaired) electrons. The first-order valence-electron chi connectivity index (χ1n) is 12.2. The predicted molar refractivity (Wildman–Crippen MR) is 140 cm³/mol. The van der Waals surface area contributed by atoms with Crippen molar-refractivity contribution in [1.29, 1.82) is 0 Å². The molecule has 0 bridgehead atoms. The van der Waals surface area contributed by atoms with Crippen LogP contribution in [0.1, 0.15) is 36.8 Å². The maximum atomic E-state index is 13.6. The Morgan fingerprint density at radius 3 is 2.60 bits per heavy atom. The average molecular weight is 513 g/mol. The van der Waals surface area contributed by atoms with Crippen LogP contribution in [0.5, 0.6) is 0 Å². The maximum Gasteiger partial charge on any atom is 0.243 e. The minimum Gasteiger partial charge on any atom is -0.361 e. The van der Waals surface area contributed by atoms with E-state index in [9.17, 15) is 9.59 Å². The van der Waals surface area contributed by atoms with E-state index in [0.717, 1.165) is 48.0 Å². The largest absolute Gasteiger partial charge is 0.361 e. The van der Waals surface area contributed by atoms with Crippen molar-refractivity contribution >= 4 is 45.9 Å². The summed E-state index contributed by atoms with van der Waals surface area (Å²) < 4.78 is 0. The van der Waals surface area contributed by atoms with Gasteiger partial charge in [0.25, 0.3) is 0 Å². The quantitative estimate of drug-likeness (QED) is 0.437. The zero-order valence-corrected chi connectivity index (χ0v) is 21.3. The summed E-state index contributed by atoms with van der Waals surface area (Å²) >= 11 is 12.5. The fraction of sp³-hybridized carbons (Fsp3) is 0.407. The van der Waals surface area contributed by atoms with Crippen molar-refractivity contribution in [2.24, 2.45) is 0 Å². The van der Waals surface area contributed by atoms with Gasteiger partial charge in [-0.15, -0.1) is 0 Å². The van der Waals surface area contributed by atoms with Crippen molar-refractivity contribution in [2.75, 3.05) is 20.1 Å². The lowest BCUT2D eigenvalue weighted by Crippen LogP contribution is -2.54. The Labute approximate surface area is 215 Å². The van der Waals surface area contributed by atoms with Crippen LogP contribution < -0.4 is 10.6 Å². The van der Waals surface area contributed by atoms with Crippen LogP contribution >= 0.6 is 23.2 Å². The molecule has 5 rings (SSSR count). The number of benzene rings is 2. The molecule has 3 N–H and O–H groups in total. The fourth-order valence-corrected chi connectivity index (χ4v) is 5.69. The Morgan fingerprint density at radius 2 is 1.89 bits per heavy atom. The van der Waals surface area contributed by atoms with E-state index in [4.69, 9.17) is 23.2 Å². The topological polar surface area (TPSA) is 77.2 Å². The van der Waals surface area contributed by atoms with E-state index in [1.807, 2.05) is 36.5 Å². The Kier molecular flexibility index (Phi) is 6.80. The highest BCUT2D eigenvalue weighted by atomic mass is 35.5. The first-order chi connectivity index (χ1) is 16.9. The number of amides is 2. The van der Waals surface area contributed by atoms with Gasteiger partial charge in [-0.05, 0) is 75.1 Å². The molecule has 3 aromatic rings. The van der Waals surface area contributed by atoms with Crippen LogP contribution in [0.25, 0.3) is 10.9 Å². The summed E-state index contributed by atoms with van der Waals surface area (Å²) in [6.07, 6.45) is 5.52. The number of carbonyl (C=O) groups is 2. The van der Waals surface area contributed by atoms with Gasteiger partial charge in [0.15, 0.2) is 0 Å². The highest BCUT2D eigenvalue weighted by molar-refractivity contribution is 6.35. The Bertz CT molecular complexity index is 1240. The molecule has 1 aromatic heterocycles. The molecule has 0 unspecified atom stereocenters. The smallest absolute Gasteiger partial charge is 0.243 e. The zero-order valence-electron chi connectivity index (χ0n) is 19.7. The van der Waals surface area contributed by atoms with E-state index < -0.39 is 11.5 Å². The van der Waals surface area contributed by atoms with Crippen molar-refractivity contribution in [3.8, 4) is 0 Å². The van der Waals surface area contributed by atoms with Crippen molar-refractivity contribution in [1.82, 2.24) is 20.5 Å². The lowest BCUT2D eigenvalue weighted by Gasteiger charge is -2.31. The molecule has 2 heterocycles. The van der Waals surface area contributed by atoms with Gasteiger partial charge in [-0.3, -0.25) is 9.59 Å². The van der Waals surface area contributed by atoms with Crippen LogP contribution in [0.2, 0.25) is 10.0 Å². The molecule has 1 aliphatic carbocycles. The van der Waals surface area contributed by atoms with Crippen LogP contribution in [0.4, 0.5) is 0 Å². The highest BCUT2D eigenvalue weighted by Crippen LogP contribution is 2.51. The number of fused-ring (bicyclic) bond motifs is 1. The SMILES string of the molecule is CN1CCC(NC(=O)[C@H](Cc2c[nH]c3ccccc23)NC(=O)C2(c3ccc(Cl)cc3Cl)CC2)CC1. The van der Waals surface area contributed by atoms with Gasteiger partial charge in [0, 0.05) is 39.6 Å². The van der Waals surface area contributed by atoms with E-state index in [0.29, 0.717) is 29.3 Å². The van der Waals surface area contributed by atoms with E-state index in [2.05, 4.69) is 27.6 Å². The van der Waals surface area contributed by atoms with E-state index in [-0.39, 0.29) is 17.9 Å². The molecule has 2 aliphatic rings. The summed E-state index contributed by atoms with van der Waals surface area (Å²) in [5.74, 6) is -0.304. The molecular formula is C27H30Cl2N4O2. The number of hydrogen-bond acceptors (Lipinski definition) is 3. The van der Waals surface area contributed by atoms with Gasteiger partial charge in [-0.1, -0.05) is 47.5 Å². The minimum absolute atomic E-state index is 0.113. The molecule has 2 amide bonds. The molecule has 0 spiro atoms. The second-order valence-electron chi connectivity index (χ2n) is 9.88. The van der Waals surface area contributed by atoms with Crippen LogP contribution in [-0.2, 0) is 21.4 Å². The van der Waals surface area contributed by atoms with Crippen molar-refractivity contribution in [3.05, 3.63) is 69.8 Å². The van der Waals surface area contributed by atoms with Gasteiger partial charge in [0.1, 0.15) is 6.04 Å². The Hall–Kier alpha value is -2.54. The second-order valence-corrected chi connectivity index (χ2v) is 10.7. The van der Waals surface area contributed by atoms with Gasteiger partial charge in [0.05, 0.1) is 5.41 Å². The molecule has 1 aliphatic heterocycles. The van der Waals surface area contributed by atoms with Crippen molar-refractivity contribution in [2.45, 2.75) is 49.6 Å². The number of hydrogen-bond donors (Lipinski definition) is 3. The third-order valence-electron chi connectivity index (χ3n) is 7.42. The first-order valence-corrected chi connectivity index (χ1v) is 12.9. The number of para-hydroxylation sites is 1. The zero-order chi connectivity index (χ0) is 24.6. The highest BCUT2D eigenvalue weighted by Gasteiger charge is 2.53. The van der Waals surface area contributed by atoms with Crippen LogP contribution in [-0.4, -0.2) is 53.9 Å². The molecule has 35 heavy (non-hydrogen) atoms. The molecule has 184 valence electrons. The summed E-state index contributed by atoms with van der Waals surface area (Å²) in [7, 11) is 2.09. The number of halogens is 2. The Balaban J connectivity index is 1.38. The van der Waals surface area contributed by atoms with Crippen LogP contribution in [0.15, 0.2) is 48.7 Å². The summed E-state index contributed by atoms with van der Waals surface area (Å²) in [6.45, 7) is 1.89. The minimum atomic E-state index is -0.714. The normalized spacial score (nSPS) is 18.8. The molecule has 6 nitrogen and oxygen atoms in total. The van der Waals surface area contributed by atoms with Gasteiger partial charge in [0.2, 0.25) is 11.8 Å².